The van der Waals surface area contributed by atoms with Gasteiger partial charge in [0.1, 0.15) is 6.54 Å². The summed E-state index contributed by atoms with van der Waals surface area (Å²) in [6.07, 6.45) is 3.82. The Kier molecular flexibility index (Phi) is 6.51. The second kappa shape index (κ2) is 9.65. The van der Waals surface area contributed by atoms with Gasteiger partial charge in [-0.2, -0.15) is 5.26 Å². The Balaban J connectivity index is 1.71. The fourth-order valence-electron chi connectivity index (χ4n) is 3.44. The lowest BCUT2D eigenvalue weighted by molar-refractivity contribution is -0.122. The molecule has 156 valence electrons. The van der Waals surface area contributed by atoms with Crippen LogP contribution in [0.4, 0.5) is 5.69 Å². The zero-order valence-electron chi connectivity index (χ0n) is 17.2. The molecule has 2 heterocycles. The molecule has 2 aromatic carbocycles. The van der Waals surface area contributed by atoms with Gasteiger partial charge in [0.15, 0.2) is 5.17 Å². The zero-order chi connectivity index (χ0) is 21.6. The van der Waals surface area contributed by atoms with Crippen molar-refractivity contribution in [1.82, 2.24) is 9.47 Å². The third kappa shape index (κ3) is 4.55. The van der Waals surface area contributed by atoms with Crippen LogP contribution in [0.3, 0.4) is 0 Å². The summed E-state index contributed by atoms with van der Waals surface area (Å²) in [5.74, 6) is -0.0866. The molecule has 3 aromatic rings. The molecule has 4 rings (SSSR count). The maximum absolute atomic E-state index is 13.2. The van der Waals surface area contributed by atoms with Crippen molar-refractivity contribution in [2.75, 3.05) is 19.8 Å². The minimum atomic E-state index is -0.0866. The first-order chi connectivity index (χ1) is 15.2. The van der Waals surface area contributed by atoms with E-state index in [2.05, 4.69) is 6.07 Å². The van der Waals surface area contributed by atoms with Crippen LogP contribution in [-0.2, 0) is 16.1 Å². The number of benzene rings is 2. The highest BCUT2D eigenvalue weighted by Crippen LogP contribution is 2.35. The predicted octanol–water partition coefficient (Wildman–Crippen LogP) is 4.81. The molecule has 1 fully saturated rings. The molecule has 1 aromatic heterocycles. The molecule has 1 aliphatic rings. The predicted molar refractivity (Wildman–Crippen MR) is 125 cm³/mol. The van der Waals surface area contributed by atoms with Gasteiger partial charge < -0.3 is 9.30 Å². The van der Waals surface area contributed by atoms with Crippen molar-refractivity contribution in [3.8, 4) is 6.07 Å². The summed E-state index contributed by atoms with van der Waals surface area (Å²) in [5, 5.41) is 10.8. The van der Waals surface area contributed by atoms with Gasteiger partial charge in [0, 0.05) is 29.3 Å². The smallest absolute Gasteiger partial charge is 0.266 e. The van der Waals surface area contributed by atoms with Gasteiger partial charge in [-0.15, -0.1) is 0 Å². The lowest BCUT2D eigenvalue weighted by Crippen LogP contribution is -2.32. The van der Waals surface area contributed by atoms with Crippen molar-refractivity contribution in [3.05, 3.63) is 71.3 Å². The summed E-state index contributed by atoms with van der Waals surface area (Å²) in [6.45, 7) is 3.68. The zero-order valence-corrected chi connectivity index (χ0v) is 18.0. The average Bonchev–Trinajstić information content (AvgIpc) is 3.28. The van der Waals surface area contributed by atoms with E-state index in [9.17, 15) is 4.79 Å². The summed E-state index contributed by atoms with van der Waals surface area (Å²) in [5.41, 5.74) is 2.68. The fourth-order valence-corrected chi connectivity index (χ4v) is 4.46. The third-order valence-electron chi connectivity index (χ3n) is 4.88. The number of carbonyl (C=O) groups excluding carboxylic acids is 1. The number of aromatic nitrogens is 1. The van der Waals surface area contributed by atoms with Crippen molar-refractivity contribution >= 4 is 45.5 Å². The van der Waals surface area contributed by atoms with E-state index in [4.69, 9.17) is 15.0 Å². The van der Waals surface area contributed by atoms with Gasteiger partial charge in [-0.1, -0.05) is 36.4 Å². The molecule has 31 heavy (non-hydrogen) atoms. The highest BCUT2D eigenvalue weighted by molar-refractivity contribution is 8.18. The van der Waals surface area contributed by atoms with Gasteiger partial charge in [-0.3, -0.25) is 9.69 Å². The van der Waals surface area contributed by atoms with Gasteiger partial charge in [0.05, 0.1) is 29.8 Å². The topological polar surface area (TPSA) is 70.6 Å². The van der Waals surface area contributed by atoms with Gasteiger partial charge in [-0.25, -0.2) is 4.99 Å². The van der Waals surface area contributed by atoms with Crippen LogP contribution >= 0.6 is 11.8 Å². The Morgan fingerprint density at radius 2 is 1.94 bits per heavy atom. The standard InChI is InChI=1S/C24H22N4O2S/c1-2-30-15-14-28-23(29)22(31-24(28)26-19-8-4-3-5-9-19)16-18-17-27(13-12-25)21-11-7-6-10-20(18)21/h3-11,16-17H,2,13-15H2,1H3/b22-16-,26-24?. The van der Waals surface area contributed by atoms with Crippen LogP contribution in [0.25, 0.3) is 17.0 Å². The maximum atomic E-state index is 13.2. The summed E-state index contributed by atoms with van der Waals surface area (Å²) in [4.78, 5) is 20.2. The van der Waals surface area contributed by atoms with E-state index in [1.54, 1.807) is 4.90 Å². The number of para-hydroxylation sites is 2. The van der Waals surface area contributed by atoms with Gasteiger partial charge in [0.2, 0.25) is 0 Å². The number of carbonyl (C=O) groups is 1. The first-order valence-electron chi connectivity index (χ1n) is 10.1. The van der Waals surface area contributed by atoms with E-state index >= 15 is 0 Å². The highest BCUT2D eigenvalue weighted by atomic mass is 32.2. The number of amidine groups is 1. The average molecular weight is 431 g/mol. The van der Waals surface area contributed by atoms with E-state index in [-0.39, 0.29) is 12.5 Å². The van der Waals surface area contributed by atoms with Crippen LogP contribution in [0.5, 0.6) is 0 Å². The molecule has 0 unspecified atom stereocenters. The molecule has 1 amide bonds. The van der Waals surface area contributed by atoms with Crippen LogP contribution in [0.2, 0.25) is 0 Å². The van der Waals surface area contributed by atoms with Crippen molar-refractivity contribution in [3.63, 3.8) is 0 Å². The SMILES string of the molecule is CCOCCN1C(=O)/C(=C/c2cn(CC#N)c3ccccc23)SC1=Nc1ccccc1. The lowest BCUT2D eigenvalue weighted by Gasteiger charge is -2.15. The lowest BCUT2D eigenvalue weighted by atomic mass is 10.1. The second-order valence-corrected chi connectivity index (χ2v) is 7.89. The molecule has 7 heteroatoms. The van der Waals surface area contributed by atoms with Crippen molar-refractivity contribution < 1.29 is 9.53 Å². The van der Waals surface area contributed by atoms with Crippen LogP contribution in [0.1, 0.15) is 12.5 Å². The molecule has 0 radical (unpaired) electrons. The number of nitrogens with zero attached hydrogens (tertiary/aromatic N) is 4. The normalized spacial score (nSPS) is 16.5. The van der Waals surface area contributed by atoms with E-state index in [0.29, 0.717) is 29.8 Å². The van der Waals surface area contributed by atoms with E-state index in [1.807, 2.05) is 78.4 Å². The monoisotopic (exact) mass is 430 g/mol. The Hall–Kier alpha value is -3.34. The van der Waals surface area contributed by atoms with Crippen LogP contribution < -0.4 is 0 Å². The minimum absolute atomic E-state index is 0.0866. The second-order valence-electron chi connectivity index (χ2n) is 6.88. The van der Waals surface area contributed by atoms with E-state index in [1.165, 1.54) is 11.8 Å². The van der Waals surface area contributed by atoms with Gasteiger partial charge in [-0.05, 0) is 43.0 Å². The number of aliphatic imine (C=N–C) groups is 1. The quantitative estimate of drug-likeness (QED) is 0.399. The molecular formula is C24H22N4O2S. The molecule has 0 bridgehead atoms. The number of ether oxygens (including phenoxy) is 1. The number of thioether (sulfide) groups is 1. The molecule has 1 saturated heterocycles. The summed E-state index contributed by atoms with van der Waals surface area (Å²) >= 11 is 1.36. The highest BCUT2D eigenvalue weighted by Gasteiger charge is 2.33. The molecule has 0 N–H and O–H groups in total. The first-order valence-corrected chi connectivity index (χ1v) is 10.9. The van der Waals surface area contributed by atoms with Crippen molar-refractivity contribution in [2.45, 2.75) is 13.5 Å². The number of hydrogen-bond acceptors (Lipinski definition) is 5. The van der Waals surface area contributed by atoms with E-state index < -0.39 is 0 Å². The Morgan fingerprint density at radius 3 is 2.71 bits per heavy atom. The van der Waals surface area contributed by atoms with E-state index in [0.717, 1.165) is 22.2 Å². The van der Waals surface area contributed by atoms with Gasteiger partial charge in [0.25, 0.3) is 5.91 Å². The number of nitriles is 1. The number of hydrogen-bond donors (Lipinski definition) is 0. The molecule has 0 aliphatic carbocycles. The summed E-state index contributed by atoms with van der Waals surface area (Å²) in [6, 6.07) is 19.7. The third-order valence-corrected chi connectivity index (χ3v) is 5.89. The molecule has 0 saturated carbocycles. The van der Waals surface area contributed by atoms with Crippen molar-refractivity contribution in [1.29, 1.82) is 5.26 Å². The minimum Gasteiger partial charge on any atom is -0.380 e. The number of rotatable bonds is 7. The molecule has 0 atom stereocenters. The molecule has 0 spiro atoms. The van der Waals surface area contributed by atoms with Crippen molar-refractivity contribution in [2.24, 2.45) is 4.99 Å². The molecular weight excluding hydrogens is 408 g/mol. The molecule has 1 aliphatic heterocycles. The number of amides is 1. The fraction of sp³-hybridized carbons (Fsp3) is 0.208. The van der Waals surface area contributed by atoms with Crippen LogP contribution in [0.15, 0.2) is 70.7 Å². The summed E-state index contributed by atoms with van der Waals surface area (Å²) in [7, 11) is 0. The van der Waals surface area contributed by atoms with Crippen LogP contribution in [0, 0.1) is 11.3 Å². The van der Waals surface area contributed by atoms with Gasteiger partial charge >= 0.3 is 0 Å². The Labute approximate surface area is 185 Å². The Morgan fingerprint density at radius 1 is 1.16 bits per heavy atom. The number of fused-ring (bicyclic) bond motifs is 1. The first kappa shape index (κ1) is 20.9. The van der Waals surface area contributed by atoms with Crippen LogP contribution in [-0.4, -0.2) is 40.3 Å². The largest absolute Gasteiger partial charge is 0.380 e. The maximum Gasteiger partial charge on any atom is 0.266 e. The summed E-state index contributed by atoms with van der Waals surface area (Å²) < 4.78 is 7.37. The molecule has 6 nitrogen and oxygen atoms in total. The Bertz CT molecular complexity index is 1190.